The molecule has 1 unspecified atom stereocenters. The van der Waals surface area contributed by atoms with Crippen molar-refractivity contribution in [3.05, 3.63) is 84.2 Å². The van der Waals surface area contributed by atoms with Crippen molar-refractivity contribution >= 4 is 39.2 Å². The first-order chi connectivity index (χ1) is 16.1. The van der Waals surface area contributed by atoms with Crippen molar-refractivity contribution in [3.8, 4) is 0 Å². The van der Waals surface area contributed by atoms with Gasteiger partial charge in [-0.05, 0) is 48.0 Å². The van der Waals surface area contributed by atoms with Crippen LogP contribution in [-0.4, -0.2) is 36.3 Å². The van der Waals surface area contributed by atoms with Crippen LogP contribution in [0.25, 0.3) is 0 Å². The molecule has 0 saturated carbocycles. The first-order valence-electron chi connectivity index (χ1n) is 9.90. The lowest BCUT2D eigenvalue weighted by Crippen LogP contribution is -2.30. The number of carboxylic acids is 1. The van der Waals surface area contributed by atoms with Gasteiger partial charge in [-0.15, -0.1) is 0 Å². The Balaban J connectivity index is 1.80. The van der Waals surface area contributed by atoms with Crippen LogP contribution in [0.3, 0.4) is 0 Å². The van der Waals surface area contributed by atoms with Crippen LogP contribution in [-0.2, 0) is 14.8 Å². The smallest absolute Gasteiger partial charge is 0.305 e. The van der Waals surface area contributed by atoms with Crippen LogP contribution in [0.5, 0.6) is 0 Å². The summed E-state index contributed by atoms with van der Waals surface area (Å²) >= 11 is 0. The molecule has 1 heterocycles. The van der Waals surface area contributed by atoms with E-state index in [0.717, 1.165) is 0 Å². The Morgan fingerprint density at radius 1 is 1.03 bits per heavy atom. The van der Waals surface area contributed by atoms with Gasteiger partial charge in [-0.3, -0.25) is 20.0 Å². The number of aromatic nitrogens is 1. The maximum absolute atomic E-state index is 13.0. The van der Waals surface area contributed by atoms with E-state index in [4.69, 9.17) is 11.1 Å². The highest BCUT2D eigenvalue weighted by Crippen LogP contribution is 2.22. The zero-order valence-corrected chi connectivity index (χ0v) is 18.5. The standard InChI is InChI=1S/C22H22N6O5S/c23-22(24)27-16-6-1-4-14(10-16)21(31)26-17-7-2-8-18(11-17)34(32,33)28-19(12-20(29)30)15-5-3-9-25-13-15/h1-11,13,19,28H,12H2,(H,26,31)(H,29,30)(H4,23,24,27). The van der Waals surface area contributed by atoms with Gasteiger partial charge in [-0.1, -0.05) is 18.2 Å². The molecule has 11 nitrogen and oxygen atoms in total. The number of carbonyl (C=O) groups is 2. The number of hydrogen-bond donors (Lipinski definition) is 6. The van der Waals surface area contributed by atoms with E-state index in [2.05, 4.69) is 20.3 Å². The molecule has 0 fully saturated rings. The van der Waals surface area contributed by atoms with Gasteiger partial charge in [0.05, 0.1) is 17.4 Å². The van der Waals surface area contributed by atoms with Gasteiger partial charge in [0.25, 0.3) is 5.91 Å². The van der Waals surface area contributed by atoms with Gasteiger partial charge in [0.1, 0.15) is 0 Å². The van der Waals surface area contributed by atoms with Crippen molar-refractivity contribution in [3.63, 3.8) is 0 Å². The van der Waals surface area contributed by atoms with Gasteiger partial charge in [-0.25, -0.2) is 13.1 Å². The second kappa shape index (κ2) is 10.6. The number of rotatable bonds is 9. The van der Waals surface area contributed by atoms with Crippen LogP contribution < -0.4 is 21.1 Å². The van der Waals surface area contributed by atoms with Crippen molar-refractivity contribution in [1.29, 1.82) is 5.41 Å². The molecule has 3 aromatic rings. The molecule has 34 heavy (non-hydrogen) atoms. The summed E-state index contributed by atoms with van der Waals surface area (Å²) in [6.45, 7) is 0. The Bertz CT molecular complexity index is 1310. The molecule has 1 amide bonds. The van der Waals surface area contributed by atoms with Crippen LogP contribution in [0.2, 0.25) is 0 Å². The summed E-state index contributed by atoms with van der Waals surface area (Å²) in [7, 11) is -4.14. The van der Waals surface area contributed by atoms with Crippen molar-refractivity contribution in [2.75, 3.05) is 10.6 Å². The van der Waals surface area contributed by atoms with Crippen molar-refractivity contribution in [1.82, 2.24) is 9.71 Å². The molecule has 3 rings (SSSR count). The van der Waals surface area contributed by atoms with E-state index in [9.17, 15) is 23.1 Å². The fraction of sp³-hybridized carbons (Fsp3) is 0.0909. The lowest BCUT2D eigenvalue weighted by molar-refractivity contribution is -0.137. The molecule has 0 radical (unpaired) electrons. The molecule has 176 valence electrons. The molecule has 2 aromatic carbocycles. The summed E-state index contributed by atoms with van der Waals surface area (Å²) in [5.74, 6) is -1.97. The van der Waals surface area contributed by atoms with Crippen molar-refractivity contribution < 1.29 is 23.1 Å². The highest BCUT2D eigenvalue weighted by atomic mass is 32.2. The number of sulfonamides is 1. The number of carbonyl (C=O) groups excluding carboxylic acids is 1. The number of nitrogens with one attached hydrogen (secondary N) is 4. The topological polar surface area (TPSA) is 187 Å². The van der Waals surface area contributed by atoms with Crippen LogP contribution in [0, 0.1) is 5.41 Å². The van der Waals surface area contributed by atoms with E-state index in [1.54, 1.807) is 30.3 Å². The van der Waals surface area contributed by atoms with Crippen LogP contribution in [0.1, 0.15) is 28.4 Å². The summed E-state index contributed by atoms with van der Waals surface area (Å²) in [5, 5.41) is 21.7. The zero-order chi connectivity index (χ0) is 24.7. The SMILES string of the molecule is N=C(N)Nc1cccc(C(=O)Nc2cccc(S(=O)(=O)NC(CC(=O)O)c3cccnc3)c2)c1. The Morgan fingerprint density at radius 2 is 1.74 bits per heavy atom. The molecular weight excluding hydrogens is 460 g/mol. The first kappa shape index (κ1) is 24.4. The maximum Gasteiger partial charge on any atom is 0.305 e. The van der Waals surface area contributed by atoms with E-state index in [1.807, 2.05) is 0 Å². The van der Waals surface area contributed by atoms with Gasteiger partial charge in [0.2, 0.25) is 10.0 Å². The molecule has 0 spiro atoms. The van der Waals surface area contributed by atoms with E-state index in [-0.39, 0.29) is 22.1 Å². The molecule has 0 aliphatic heterocycles. The van der Waals surface area contributed by atoms with E-state index < -0.39 is 34.4 Å². The Kier molecular flexibility index (Phi) is 7.56. The number of hydrogen-bond acceptors (Lipinski definition) is 6. The normalized spacial score (nSPS) is 11.9. The zero-order valence-electron chi connectivity index (χ0n) is 17.7. The molecule has 7 N–H and O–H groups in total. The summed E-state index contributed by atoms with van der Waals surface area (Å²) in [6, 6.07) is 14.0. The molecule has 0 saturated heterocycles. The Morgan fingerprint density at radius 3 is 2.38 bits per heavy atom. The van der Waals surface area contributed by atoms with Gasteiger partial charge in [0.15, 0.2) is 5.96 Å². The minimum atomic E-state index is -4.14. The number of benzene rings is 2. The van der Waals surface area contributed by atoms with E-state index >= 15 is 0 Å². The number of nitrogens with zero attached hydrogens (tertiary/aromatic N) is 1. The number of pyridine rings is 1. The third-order valence-electron chi connectivity index (χ3n) is 4.57. The van der Waals surface area contributed by atoms with Crippen LogP contribution in [0.15, 0.2) is 78.0 Å². The van der Waals surface area contributed by atoms with Crippen molar-refractivity contribution in [2.24, 2.45) is 5.73 Å². The van der Waals surface area contributed by atoms with Crippen molar-refractivity contribution in [2.45, 2.75) is 17.4 Å². The molecule has 0 bridgehead atoms. The number of aliphatic carboxylic acids is 1. The van der Waals surface area contributed by atoms with Gasteiger partial charge in [-0.2, -0.15) is 0 Å². The monoisotopic (exact) mass is 482 g/mol. The number of carboxylic acid groups (broad SMARTS) is 1. The number of guanidine groups is 1. The number of nitrogens with two attached hydrogens (primary N) is 1. The minimum Gasteiger partial charge on any atom is -0.481 e. The molecule has 1 atom stereocenters. The van der Waals surface area contributed by atoms with Gasteiger partial charge < -0.3 is 21.5 Å². The van der Waals surface area contributed by atoms with E-state index in [1.165, 1.54) is 42.7 Å². The average molecular weight is 483 g/mol. The predicted octanol–water partition coefficient (Wildman–Crippen LogP) is 2.13. The van der Waals surface area contributed by atoms with Gasteiger partial charge >= 0.3 is 5.97 Å². The fourth-order valence-electron chi connectivity index (χ4n) is 3.08. The quantitative estimate of drug-likeness (QED) is 0.198. The second-order valence-electron chi connectivity index (χ2n) is 7.16. The van der Waals surface area contributed by atoms with Crippen LogP contribution in [0.4, 0.5) is 11.4 Å². The summed E-state index contributed by atoms with van der Waals surface area (Å²) in [6.07, 6.45) is 2.40. The molecule has 1 aromatic heterocycles. The molecule has 12 heteroatoms. The number of amides is 1. The molecular formula is C22H22N6O5S. The van der Waals surface area contributed by atoms with E-state index in [0.29, 0.717) is 11.3 Å². The highest BCUT2D eigenvalue weighted by Gasteiger charge is 2.24. The summed E-state index contributed by atoms with van der Waals surface area (Å²) in [4.78, 5) is 27.7. The van der Waals surface area contributed by atoms with Crippen LogP contribution >= 0.6 is 0 Å². The fourth-order valence-corrected chi connectivity index (χ4v) is 4.35. The first-order valence-corrected chi connectivity index (χ1v) is 11.4. The minimum absolute atomic E-state index is 0.156. The largest absolute Gasteiger partial charge is 0.481 e. The lowest BCUT2D eigenvalue weighted by Gasteiger charge is -2.17. The lowest BCUT2D eigenvalue weighted by atomic mass is 10.1. The highest BCUT2D eigenvalue weighted by molar-refractivity contribution is 7.89. The maximum atomic E-state index is 13.0. The molecule has 0 aliphatic rings. The Labute approximate surface area is 195 Å². The summed E-state index contributed by atoms with van der Waals surface area (Å²) in [5.41, 5.74) is 6.62. The third kappa shape index (κ3) is 6.60. The third-order valence-corrected chi connectivity index (χ3v) is 6.04. The summed E-state index contributed by atoms with van der Waals surface area (Å²) < 4.78 is 28.3. The second-order valence-corrected chi connectivity index (χ2v) is 8.87. The van der Waals surface area contributed by atoms with Gasteiger partial charge in [0, 0.05) is 29.3 Å². The Hall–Kier alpha value is -4.29. The predicted molar refractivity (Wildman–Crippen MR) is 126 cm³/mol. The average Bonchev–Trinajstić information content (AvgIpc) is 2.79. The number of anilines is 2. The molecule has 0 aliphatic carbocycles.